The van der Waals surface area contributed by atoms with Crippen molar-refractivity contribution in [1.29, 1.82) is 0 Å². The third kappa shape index (κ3) is 2.21. The zero-order valence-corrected chi connectivity index (χ0v) is 8.70. The maximum atomic E-state index is 5.17. The molecule has 68 valence electrons. The fraction of sp³-hybridized carbons (Fsp3) is 0.778. The van der Waals surface area contributed by atoms with Crippen molar-refractivity contribution >= 4 is 23.5 Å². The van der Waals surface area contributed by atoms with E-state index in [1.165, 1.54) is 17.9 Å². The maximum Gasteiger partial charge on any atom is 0.0900 e. The van der Waals surface area contributed by atoms with Crippen LogP contribution in [0.15, 0.2) is 12.7 Å². The molecule has 0 aromatic rings. The molecule has 3 unspecified atom stereocenters. The van der Waals surface area contributed by atoms with Gasteiger partial charge in [-0.05, 0) is 6.42 Å². The molecule has 2 heterocycles. The second-order valence-electron chi connectivity index (χ2n) is 3.22. The molecule has 0 spiro atoms. The smallest absolute Gasteiger partial charge is 0.0900 e. The van der Waals surface area contributed by atoms with Gasteiger partial charge in [-0.1, -0.05) is 6.08 Å². The van der Waals surface area contributed by atoms with Gasteiger partial charge in [-0.3, -0.25) is 0 Å². The highest BCUT2D eigenvalue weighted by atomic mass is 32.2. The summed E-state index contributed by atoms with van der Waals surface area (Å²) in [5, 5.41) is 1.71. The minimum Gasteiger partial charge on any atom is -0.372 e. The van der Waals surface area contributed by atoms with Crippen LogP contribution in [0, 0.1) is 0 Å². The maximum absolute atomic E-state index is 5.17. The quantitative estimate of drug-likeness (QED) is 0.501. The van der Waals surface area contributed by atoms with Crippen molar-refractivity contribution in [3.63, 3.8) is 0 Å². The number of rotatable bonds is 5. The highest BCUT2D eigenvalue weighted by Crippen LogP contribution is 2.40. The zero-order valence-electron chi connectivity index (χ0n) is 7.07. The second kappa shape index (κ2) is 4.07. The molecule has 3 atom stereocenters. The summed E-state index contributed by atoms with van der Waals surface area (Å²) in [4.78, 5) is 0. The van der Waals surface area contributed by atoms with E-state index in [-0.39, 0.29) is 0 Å². The van der Waals surface area contributed by atoms with Gasteiger partial charge >= 0.3 is 0 Å². The first-order valence-electron chi connectivity index (χ1n) is 4.36. The lowest BCUT2D eigenvalue weighted by molar-refractivity contribution is 0.426. The van der Waals surface area contributed by atoms with Crippen LogP contribution < -0.4 is 0 Å². The van der Waals surface area contributed by atoms with Crippen LogP contribution in [0.25, 0.3) is 0 Å². The number of allylic oxidation sites excluding steroid dienone is 1. The molecular formula is C9H14OS2. The molecule has 0 aromatic carbocycles. The molecule has 3 heteroatoms. The third-order valence-electron chi connectivity index (χ3n) is 2.19. The van der Waals surface area contributed by atoms with Gasteiger partial charge in [-0.25, -0.2) is 0 Å². The summed E-state index contributed by atoms with van der Waals surface area (Å²) in [6, 6.07) is 0. The largest absolute Gasteiger partial charge is 0.372 e. The van der Waals surface area contributed by atoms with Crippen LogP contribution in [0.1, 0.15) is 6.42 Å². The average molecular weight is 202 g/mol. The number of hydrogen-bond acceptors (Lipinski definition) is 3. The standard InChI is InChI=1S/C9H14OS2/c1-2-3-8-9(6-12-8)11-5-7-4-10-7/h2,7-9H,1,3-6H2. The van der Waals surface area contributed by atoms with Gasteiger partial charge in [0, 0.05) is 22.0 Å². The fourth-order valence-corrected chi connectivity index (χ4v) is 4.21. The van der Waals surface area contributed by atoms with Crippen LogP contribution in [0.2, 0.25) is 0 Å². The topological polar surface area (TPSA) is 12.5 Å². The number of thioether (sulfide) groups is 2. The predicted octanol–water partition coefficient (Wildman–Crippen LogP) is 2.18. The van der Waals surface area contributed by atoms with Gasteiger partial charge in [-0.2, -0.15) is 23.5 Å². The number of hydrogen-bond donors (Lipinski definition) is 0. The minimum atomic E-state index is 0.588. The van der Waals surface area contributed by atoms with Gasteiger partial charge in [0.15, 0.2) is 0 Å². The van der Waals surface area contributed by atoms with Crippen molar-refractivity contribution in [1.82, 2.24) is 0 Å². The van der Waals surface area contributed by atoms with E-state index < -0.39 is 0 Å². The predicted molar refractivity (Wildman–Crippen MR) is 57.0 cm³/mol. The normalized spacial score (nSPS) is 38.8. The van der Waals surface area contributed by atoms with Crippen molar-refractivity contribution in [3.8, 4) is 0 Å². The zero-order chi connectivity index (χ0) is 8.39. The van der Waals surface area contributed by atoms with Gasteiger partial charge in [0.2, 0.25) is 0 Å². The molecule has 12 heavy (non-hydrogen) atoms. The number of ether oxygens (including phenoxy) is 1. The fourth-order valence-electron chi connectivity index (χ4n) is 1.25. The van der Waals surface area contributed by atoms with Crippen molar-refractivity contribution in [2.75, 3.05) is 18.1 Å². The lowest BCUT2D eigenvalue weighted by atomic mass is 10.2. The Morgan fingerprint density at radius 1 is 1.67 bits per heavy atom. The van der Waals surface area contributed by atoms with Crippen LogP contribution in [0.3, 0.4) is 0 Å². The molecule has 2 saturated heterocycles. The van der Waals surface area contributed by atoms with E-state index in [4.69, 9.17) is 4.74 Å². The van der Waals surface area contributed by atoms with Gasteiger partial charge in [0.25, 0.3) is 0 Å². The molecule has 1 nitrogen and oxygen atoms in total. The van der Waals surface area contributed by atoms with Crippen LogP contribution >= 0.6 is 23.5 Å². The lowest BCUT2D eigenvalue weighted by Crippen LogP contribution is -2.33. The molecule has 0 radical (unpaired) electrons. The first-order valence-corrected chi connectivity index (χ1v) is 6.45. The highest BCUT2D eigenvalue weighted by Gasteiger charge is 2.33. The van der Waals surface area contributed by atoms with Gasteiger partial charge in [0.05, 0.1) is 12.7 Å². The SMILES string of the molecule is C=CCC1SCC1SCC1CO1. The summed E-state index contributed by atoms with van der Waals surface area (Å²) in [5.41, 5.74) is 0. The van der Waals surface area contributed by atoms with Gasteiger partial charge < -0.3 is 4.74 Å². The summed E-state index contributed by atoms with van der Waals surface area (Å²) in [6.07, 6.45) is 3.80. The summed E-state index contributed by atoms with van der Waals surface area (Å²) >= 11 is 4.17. The monoisotopic (exact) mass is 202 g/mol. The van der Waals surface area contributed by atoms with Crippen LogP contribution in [0.5, 0.6) is 0 Å². The molecule has 0 aliphatic carbocycles. The van der Waals surface area contributed by atoms with Crippen molar-refractivity contribution in [3.05, 3.63) is 12.7 Å². The first-order chi connectivity index (χ1) is 5.90. The van der Waals surface area contributed by atoms with E-state index in [0.29, 0.717) is 6.10 Å². The van der Waals surface area contributed by atoms with E-state index in [9.17, 15) is 0 Å². The molecular weight excluding hydrogens is 188 g/mol. The molecule has 0 bridgehead atoms. The highest BCUT2D eigenvalue weighted by molar-refractivity contribution is 8.07. The second-order valence-corrected chi connectivity index (χ2v) is 5.77. The van der Waals surface area contributed by atoms with E-state index >= 15 is 0 Å². The van der Waals surface area contributed by atoms with Gasteiger partial charge in [0.1, 0.15) is 0 Å². The van der Waals surface area contributed by atoms with Crippen LogP contribution in [0.4, 0.5) is 0 Å². The molecule has 0 saturated carbocycles. The third-order valence-corrected chi connectivity index (χ3v) is 5.56. The summed E-state index contributed by atoms with van der Waals surface area (Å²) in [5.74, 6) is 2.54. The molecule has 2 aliphatic heterocycles. The van der Waals surface area contributed by atoms with E-state index in [1.54, 1.807) is 0 Å². The Hall–Kier alpha value is 0.400. The van der Waals surface area contributed by atoms with Crippen molar-refractivity contribution < 1.29 is 4.74 Å². The van der Waals surface area contributed by atoms with Crippen molar-refractivity contribution in [2.45, 2.75) is 23.0 Å². The molecule has 0 amide bonds. The Morgan fingerprint density at radius 2 is 2.50 bits per heavy atom. The Morgan fingerprint density at radius 3 is 3.00 bits per heavy atom. The van der Waals surface area contributed by atoms with Crippen LogP contribution in [-0.2, 0) is 4.74 Å². The molecule has 0 aromatic heterocycles. The Bertz CT molecular complexity index is 168. The lowest BCUT2D eigenvalue weighted by Gasteiger charge is -2.34. The molecule has 2 aliphatic rings. The molecule has 2 fully saturated rings. The molecule has 0 N–H and O–H groups in total. The summed E-state index contributed by atoms with van der Waals surface area (Å²) in [7, 11) is 0. The number of epoxide rings is 1. The molecule has 2 rings (SSSR count). The van der Waals surface area contributed by atoms with Crippen molar-refractivity contribution in [2.24, 2.45) is 0 Å². The Balaban J connectivity index is 1.62. The van der Waals surface area contributed by atoms with Gasteiger partial charge in [-0.15, -0.1) is 6.58 Å². The average Bonchev–Trinajstić information content (AvgIpc) is 2.82. The summed E-state index contributed by atoms with van der Waals surface area (Å²) < 4.78 is 5.17. The van der Waals surface area contributed by atoms with E-state index in [1.807, 2.05) is 6.08 Å². The van der Waals surface area contributed by atoms with E-state index in [0.717, 1.165) is 17.1 Å². The summed E-state index contributed by atoms with van der Waals surface area (Å²) in [6.45, 7) is 4.78. The Labute approximate surface area is 82.3 Å². The Kier molecular flexibility index (Phi) is 3.05. The first kappa shape index (κ1) is 8.97. The minimum absolute atomic E-state index is 0.588. The van der Waals surface area contributed by atoms with E-state index in [2.05, 4.69) is 30.1 Å². The van der Waals surface area contributed by atoms with Crippen LogP contribution in [-0.4, -0.2) is 34.7 Å².